The lowest BCUT2D eigenvalue weighted by atomic mass is 10.00. The molecule has 5 rings (SSSR count). The van der Waals surface area contributed by atoms with Crippen molar-refractivity contribution in [2.75, 3.05) is 54.0 Å². The molecule has 4 amide bonds. The molecule has 294 valence electrons. The van der Waals surface area contributed by atoms with Gasteiger partial charge in [-0.25, -0.2) is 0 Å². The number of aromatic nitrogens is 2. The molecule has 4 heterocycles. The average Bonchev–Trinajstić information content (AvgIpc) is 3.53. The zero-order chi connectivity index (χ0) is 38.9. The second-order valence-corrected chi connectivity index (χ2v) is 14.4. The van der Waals surface area contributed by atoms with Crippen molar-refractivity contribution in [2.45, 2.75) is 76.6 Å². The predicted molar refractivity (Wildman–Crippen MR) is 204 cm³/mol. The van der Waals surface area contributed by atoms with Crippen molar-refractivity contribution in [1.29, 1.82) is 0 Å². The van der Waals surface area contributed by atoms with E-state index in [2.05, 4.69) is 10.6 Å². The number of methoxy groups -OCH3 is 2. The Hall–Kier alpha value is -4.89. The smallest absolute Gasteiger partial charge is 0.274 e. The monoisotopic (exact) mass is 749 g/mol. The number of nitrogens with zero attached hydrogens (tertiary/aromatic N) is 5. The molecule has 2 aromatic heterocycles. The van der Waals surface area contributed by atoms with Crippen LogP contribution in [0.4, 0.5) is 0 Å². The van der Waals surface area contributed by atoms with Gasteiger partial charge in [-0.05, 0) is 50.1 Å². The van der Waals surface area contributed by atoms with Gasteiger partial charge in [0.05, 0.1) is 38.9 Å². The highest BCUT2D eigenvalue weighted by Crippen LogP contribution is 2.38. The minimum absolute atomic E-state index is 0.00437. The number of piperidine rings is 1. The number of nitrogens with one attached hydrogen (secondary N) is 2. The number of hydrogen-bond donors (Lipinski definition) is 3. The number of carbonyl (C=O) groups excluding carboxylic acids is 4. The van der Waals surface area contributed by atoms with Crippen LogP contribution in [0, 0.1) is 0 Å². The number of carbonyl (C=O) groups is 4. The van der Waals surface area contributed by atoms with Crippen LogP contribution >= 0.6 is 0 Å². The average molecular weight is 750 g/mol. The molecule has 2 aliphatic heterocycles. The molecule has 2 fully saturated rings. The van der Waals surface area contributed by atoms with Crippen molar-refractivity contribution in [3.8, 4) is 22.6 Å². The summed E-state index contributed by atoms with van der Waals surface area (Å²) in [4.78, 5) is 67.6. The first-order chi connectivity index (χ1) is 25.9. The first-order valence-electron chi connectivity index (χ1n) is 18.8. The minimum atomic E-state index is -1.07. The molecule has 2 saturated heterocycles. The molecule has 0 saturated carbocycles. The third-order valence-corrected chi connectivity index (χ3v) is 10.5. The van der Waals surface area contributed by atoms with Crippen LogP contribution in [0.15, 0.2) is 35.4 Å². The number of likely N-dealkylation sites (N-methyl/N-ethyl adjacent to an activating group) is 1. The van der Waals surface area contributed by atoms with Crippen molar-refractivity contribution in [2.24, 2.45) is 14.1 Å². The zero-order valence-corrected chi connectivity index (χ0v) is 32.2. The highest BCUT2D eigenvalue weighted by Gasteiger charge is 2.37. The number of aliphatic hydroxyl groups is 1. The molecule has 1 aromatic carbocycles. The molecule has 2 unspecified atom stereocenters. The number of unbranched alkanes of at least 4 members (excludes halogenated alkanes) is 5. The summed E-state index contributed by atoms with van der Waals surface area (Å²) in [6, 6.07) is 5.36. The standard InChI is InChI=1S/C39H55N7O8/c1-42(22-29-31(53-4)20-26(21-32(29)54-5)28-23-44(3)39(52)37-27(28)15-17-43(37)2)24-34(48)40-16-11-9-7-6-8-10-12-35(49)45-18-19-46(36(50)25-45)30-13-14-33(47)41-38(30)51/h15,17,20-21,23,30,38,51H,6-14,16,18-19,22,24-25H2,1-5H3,(H,40,48)(H,41,47). The Morgan fingerprint density at radius 1 is 0.981 bits per heavy atom. The molecule has 15 heteroatoms. The summed E-state index contributed by atoms with van der Waals surface area (Å²) in [5.74, 6) is 0.734. The normalized spacial score (nSPS) is 17.6. The summed E-state index contributed by atoms with van der Waals surface area (Å²) >= 11 is 0. The highest BCUT2D eigenvalue weighted by molar-refractivity contribution is 5.95. The summed E-state index contributed by atoms with van der Waals surface area (Å²) in [6.07, 6.45) is 9.21. The summed E-state index contributed by atoms with van der Waals surface area (Å²) in [5, 5.41) is 16.5. The molecule has 15 nitrogen and oxygen atoms in total. The van der Waals surface area contributed by atoms with Gasteiger partial charge in [0.2, 0.25) is 23.6 Å². The zero-order valence-electron chi connectivity index (χ0n) is 32.2. The number of hydrogen-bond acceptors (Lipinski definition) is 9. The van der Waals surface area contributed by atoms with E-state index < -0.39 is 12.3 Å². The van der Waals surface area contributed by atoms with E-state index in [0.29, 0.717) is 56.0 Å². The van der Waals surface area contributed by atoms with E-state index in [-0.39, 0.29) is 48.7 Å². The molecular weight excluding hydrogens is 694 g/mol. The third kappa shape index (κ3) is 9.61. The summed E-state index contributed by atoms with van der Waals surface area (Å²) in [7, 11) is 8.68. The number of piperazine rings is 1. The molecule has 0 bridgehead atoms. The Bertz CT molecular complexity index is 1860. The Kier molecular flexibility index (Phi) is 13.8. The number of amides is 4. The van der Waals surface area contributed by atoms with E-state index in [1.165, 1.54) is 0 Å². The maximum Gasteiger partial charge on any atom is 0.274 e. The summed E-state index contributed by atoms with van der Waals surface area (Å²) < 4.78 is 15.0. The van der Waals surface area contributed by atoms with Gasteiger partial charge in [0.25, 0.3) is 5.56 Å². The van der Waals surface area contributed by atoms with Gasteiger partial charge >= 0.3 is 0 Å². The topological polar surface area (TPSA) is 168 Å². The summed E-state index contributed by atoms with van der Waals surface area (Å²) in [6.45, 7) is 2.00. The molecule has 2 atom stereocenters. The van der Waals surface area contributed by atoms with E-state index in [1.807, 2.05) is 54.2 Å². The minimum Gasteiger partial charge on any atom is -0.496 e. The van der Waals surface area contributed by atoms with Crippen molar-refractivity contribution in [3.63, 3.8) is 0 Å². The van der Waals surface area contributed by atoms with Gasteiger partial charge in [-0.3, -0.25) is 28.9 Å². The molecule has 0 spiro atoms. The van der Waals surface area contributed by atoms with Crippen LogP contribution < -0.4 is 25.7 Å². The molecule has 54 heavy (non-hydrogen) atoms. The maximum atomic E-state index is 12.8. The first-order valence-corrected chi connectivity index (χ1v) is 18.8. The van der Waals surface area contributed by atoms with Gasteiger partial charge in [-0.2, -0.15) is 0 Å². The van der Waals surface area contributed by atoms with Crippen molar-refractivity contribution < 1.29 is 33.8 Å². The predicted octanol–water partition coefficient (Wildman–Crippen LogP) is 2.11. The number of benzene rings is 1. The van der Waals surface area contributed by atoms with E-state index >= 15 is 0 Å². The van der Waals surface area contributed by atoms with Crippen LogP contribution in [-0.2, 0) is 39.8 Å². The summed E-state index contributed by atoms with van der Waals surface area (Å²) in [5.41, 5.74) is 3.10. The molecule has 0 aliphatic carbocycles. The van der Waals surface area contributed by atoms with Crippen LogP contribution in [0.3, 0.4) is 0 Å². The quantitative estimate of drug-likeness (QED) is 0.175. The van der Waals surface area contributed by atoms with Crippen LogP contribution in [-0.4, -0.2) is 119 Å². The fourth-order valence-electron chi connectivity index (χ4n) is 7.50. The lowest BCUT2D eigenvalue weighted by Crippen LogP contribution is -2.62. The Labute approximate surface area is 316 Å². The number of fused-ring (bicyclic) bond motifs is 1. The van der Waals surface area contributed by atoms with Gasteiger partial charge < -0.3 is 44.1 Å². The van der Waals surface area contributed by atoms with E-state index in [9.17, 15) is 29.1 Å². The van der Waals surface area contributed by atoms with Gasteiger partial charge in [0.15, 0.2) is 0 Å². The van der Waals surface area contributed by atoms with Crippen LogP contribution in [0.5, 0.6) is 11.5 Å². The molecule has 3 N–H and O–H groups in total. The lowest BCUT2D eigenvalue weighted by Gasteiger charge is -2.42. The highest BCUT2D eigenvalue weighted by atomic mass is 16.5. The molecule has 2 aliphatic rings. The Balaban J connectivity index is 0.981. The second-order valence-electron chi connectivity index (χ2n) is 14.4. The van der Waals surface area contributed by atoms with Crippen molar-refractivity contribution >= 4 is 34.5 Å². The van der Waals surface area contributed by atoms with Crippen molar-refractivity contribution in [1.82, 2.24) is 34.5 Å². The van der Waals surface area contributed by atoms with Crippen LogP contribution in [0.1, 0.15) is 63.4 Å². The Morgan fingerprint density at radius 2 is 1.67 bits per heavy atom. The number of ether oxygens (including phenoxy) is 2. The van der Waals surface area contributed by atoms with Gasteiger partial charge in [0.1, 0.15) is 23.2 Å². The Morgan fingerprint density at radius 3 is 2.33 bits per heavy atom. The van der Waals surface area contributed by atoms with Crippen LogP contribution in [0.25, 0.3) is 22.0 Å². The van der Waals surface area contributed by atoms with Crippen LogP contribution in [0.2, 0.25) is 0 Å². The van der Waals surface area contributed by atoms with Crippen molar-refractivity contribution in [3.05, 3.63) is 46.5 Å². The SMILES string of the molecule is COc1cc(-c2cn(C)c(=O)c3c2ccn3C)cc(OC)c1CN(C)CC(=O)NCCCCCCCCC(=O)N1CCN(C2CCC(=O)NC2O)C(=O)C1. The molecular formula is C39H55N7O8. The van der Waals surface area contributed by atoms with E-state index in [1.54, 1.807) is 35.6 Å². The number of aryl methyl sites for hydroxylation is 2. The third-order valence-electron chi connectivity index (χ3n) is 10.5. The van der Waals surface area contributed by atoms with E-state index in [4.69, 9.17) is 9.47 Å². The van der Waals surface area contributed by atoms with Gasteiger partial charge in [0, 0.05) is 76.5 Å². The number of aliphatic hydroxyl groups excluding tert-OH is 1. The number of pyridine rings is 1. The molecule has 0 radical (unpaired) electrons. The largest absolute Gasteiger partial charge is 0.496 e. The van der Waals surface area contributed by atoms with Gasteiger partial charge in [-0.1, -0.05) is 25.7 Å². The lowest BCUT2D eigenvalue weighted by molar-refractivity contribution is -0.152. The maximum absolute atomic E-state index is 12.8. The fourth-order valence-corrected chi connectivity index (χ4v) is 7.50. The van der Waals surface area contributed by atoms with Gasteiger partial charge in [-0.15, -0.1) is 0 Å². The van der Waals surface area contributed by atoms with E-state index in [0.717, 1.165) is 60.6 Å². The fraction of sp³-hybridized carbons (Fsp3) is 0.564. The molecule has 3 aromatic rings. The number of rotatable bonds is 17. The second kappa shape index (κ2) is 18.4. The first kappa shape index (κ1) is 40.3.